The topological polar surface area (TPSA) is 76.7 Å². The molecule has 2 N–H and O–H groups in total. The maximum atomic E-state index is 13.0. The molecule has 1 saturated carbocycles. The van der Waals surface area contributed by atoms with Crippen LogP contribution in [-0.4, -0.2) is 43.2 Å². The highest BCUT2D eigenvalue weighted by Crippen LogP contribution is 2.38. The summed E-state index contributed by atoms with van der Waals surface area (Å²) in [4.78, 5) is 24.6. The smallest absolute Gasteiger partial charge is 0.243 e. The molecule has 1 aliphatic carbocycles. The Kier molecular flexibility index (Phi) is 6.94. The van der Waals surface area contributed by atoms with Gasteiger partial charge in [-0.25, -0.2) is 0 Å². The fourth-order valence-corrected chi connectivity index (χ4v) is 4.49. The molecule has 2 amide bonds. The number of carbonyl (C=O) groups is 2. The van der Waals surface area contributed by atoms with E-state index in [1.54, 1.807) is 7.11 Å². The predicted octanol–water partition coefficient (Wildman–Crippen LogP) is 2.74. The van der Waals surface area contributed by atoms with Gasteiger partial charge in [0.15, 0.2) is 0 Å². The van der Waals surface area contributed by atoms with Crippen LogP contribution in [0.25, 0.3) is 0 Å². The number of methoxy groups -OCH3 is 1. The van der Waals surface area contributed by atoms with Crippen molar-refractivity contribution in [3.05, 3.63) is 29.8 Å². The zero-order chi connectivity index (χ0) is 20.0. The third kappa shape index (κ3) is 5.47. The van der Waals surface area contributed by atoms with Gasteiger partial charge in [-0.3, -0.25) is 9.59 Å². The van der Waals surface area contributed by atoms with Gasteiger partial charge in [0.25, 0.3) is 0 Å². The molecule has 6 heteroatoms. The molecular weight excluding hydrogens is 356 g/mol. The van der Waals surface area contributed by atoms with E-state index in [9.17, 15) is 9.59 Å². The lowest BCUT2D eigenvalue weighted by atomic mass is 9.78. The Hall–Kier alpha value is -2.08. The Morgan fingerprint density at radius 1 is 1.29 bits per heavy atom. The summed E-state index contributed by atoms with van der Waals surface area (Å²) < 4.78 is 11.4. The Morgan fingerprint density at radius 2 is 2.07 bits per heavy atom. The van der Waals surface area contributed by atoms with Crippen LogP contribution in [0.2, 0.25) is 0 Å². The first-order chi connectivity index (χ1) is 13.5. The summed E-state index contributed by atoms with van der Waals surface area (Å²) >= 11 is 0. The highest BCUT2D eigenvalue weighted by molar-refractivity contribution is 5.87. The van der Waals surface area contributed by atoms with Crippen LogP contribution in [0.3, 0.4) is 0 Å². The van der Waals surface area contributed by atoms with Gasteiger partial charge in [0.05, 0.1) is 12.7 Å². The summed E-state index contributed by atoms with van der Waals surface area (Å²) in [5, 5.41) is 5.98. The second kappa shape index (κ2) is 9.41. The maximum absolute atomic E-state index is 13.0. The van der Waals surface area contributed by atoms with Crippen molar-refractivity contribution in [1.82, 2.24) is 10.6 Å². The van der Waals surface area contributed by atoms with Crippen molar-refractivity contribution < 1.29 is 19.1 Å². The van der Waals surface area contributed by atoms with Gasteiger partial charge >= 0.3 is 0 Å². The van der Waals surface area contributed by atoms with Crippen molar-refractivity contribution in [3.63, 3.8) is 0 Å². The third-order valence-corrected chi connectivity index (χ3v) is 5.87. The minimum atomic E-state index is -0.602. The molecule has 2 fully saturated rings. The number of nitrogens with one attached hydrogen (secondary N) is 2. The van der Waals surface area contributed by atoms with Gasteiger partial charge in [-0.2, -0.15) is 0 Å². The van der Waals surface area contributed by atoms with Crippen molar-refractivity contribution in [3.8, 4) is 5.75 Å². The van der Waals surface area contributed by atoms with Crippen molar-refractivity contribution in [1.29, 1.82) is 0 Å². The SMILES string of the molecule is COc1cccc(CC(NC(C)=O)C(=O)NC2CCOC3(CCCCC3)C2)c1. The molecule has 0 radical (unpaired) electrons. The number of hydrogen-bond acceptors (Lipinski definition) is 4. The zero-order valence-electron chi connectivity index (χ0n) is 17.0. The highest BCUT2D eigenvalue weighted by atomic mass is 16.5. The molecule has 1 heterocycles. The highest BCUT2D eigenvalue weighted by Gasteiger charge is 2.39. The van der Waals surface area contributed by atoms with Crippen LogP contribution in [0.15, 0.2) is 24.3 Å². The largest absolute Gasteiger partial charge is 0.497 e. The fourth-order valence-electron chi connectivity index (χ4n) is 4.49. The number of amides is 2. The molecular formula is C22H32N2O4. The van der Waals surface area contributed by atoms with E-state index in [4.69, 9.17) is 9.47 Å². The summed E-state index contributed by atoms with van der Waals surface area (Å²) in [7, 11) is 1.61. The fraction of sp³-hybridized carbons (Fsp3) is 0.636. The van der Waals surface area contributed by atoms with Gasteiger partial charge < -0.3 is 20.1 Å². The lowest BCUT2D eigenvalue weighted by Crippen LogP contribution is -2.54. The Morgan fingerprint density at radius 3 is 2.79 bits per heavy atom. The lowest BCUT2D eigenvalue weighted by Gasteiger charge is -2.43. The Bertz CT molecular complexity index is 679. The molecule has 0 bridgehead atoms. The van der Waals surface area contributed by atoms with Gasteiger partial charge in [0, 0.05) is 26.0 Å². The van der Waals surface area contributed by atoms with Crippen LogP contribution in [-0.2, 0) is 20.7 Å². The summed E-state index contributed by atoms with van der Waals surface area (Å²) in [5.41, 5.74) is 0.883. The average Bonchev–Trinajstić information content (AvgIpc) is 2.68. The lowest BCUT2D eigenvalue weighted by molar-refractivity contribution is -0.133. The quantitative estimate of drug-likeness (QED) is 0.786. The average molecular weight is 389 g/mol. The second-order valence-corrected chi connectivity index (χ2v) is 8.10. The number of ether oxygens (including phenoxy) is 2. The van der Waals surface area contributed by atoms with Crippen molar-refractivity contribution in [2.24, 2.45) is 0 Å². The standard InChI is InChI=1S/C22H32N2O4/c1-16(25)23-20(14-17-7-6-8-19(13-17)27-2)21(26)24-18-9-12-28-22(15-18)10-4-3-5-11-22/h6-8,13,18,20H,3-5,9-12,14-15H2,1-2H3,(H,23,25)(H,24,26). The van der Waals surface area contributed by atoms with E-state index < -0.39 is 6.04 Å². The summed E-state index contributed by atoms with van der Waals surface area (Å²) in [6.45, 7) is 2.13. The molecule has 6 nitrogen and oxygen atoms in total. The molecule has 0 aromatic heterocycles. The number of carbonyl (C=O) groups excluding carboxylic acids is 2. The van der Waals surface area contributed by atoms with E-state index in [1.807, 2.05) is 24.3 Å². The van der Waals surface area contributed by atoms with E-state index in [0.717, 1.165) is 37.0 Å². The van der Waals surface area contributed by atoms with Crippen molar-refractivity contribution in [2.45, 2.75) is 76.0 Å². The molecule has 2 unspecified atom stereocenters. The van der Waals surface area contributed by atoms with Crippen molar-refractivity contribution >= 4 is 11.8 Å². The molecule has 3 rings (SSSR count). The number of hydrogen-bond donors (Lipinski definition) is 2. The van der Waals surface area contributed by atoms with Crippen molar-refractivity contribution in [2.75, 3.05) is 13.7 Å². The minimum absolute atomic E-state index is 0.0647. The van der Waals surface area contributed by atoms with Gasteiger partial charge in [-0.15, -0.1) is 0 Å². The number of benzene rings is 1. The Labute approximate surface area is 167 Å². The molecule has 1 saturated heterocycles. The van der Waals surface area contributed by atoms with E-state index in [1.165, 1.54) is 26.2 Å². The van der Waals surface area contributed by atoms with Gasteiger partial charge in [-0.1, -0.05) is 31.4 Å². The molecule has 28 heavy (non-hydrogen) atoms. The zero-order valence-corrected chi connectivity index (χ0v) is 17.0. The van der Waals surface area contributed by atoms with Crippen LogP contribution in [0, 0.1) is 0 Å². The molecule has 2 aliphatic rings. The van der Waals surface area contributed by atoms with Crippen LogP contribution in [0.1, 0.15) is 57.4 Å². The first-order valence-corrected chi connectivity index (χ1v) is 10.3. The molecule has 1 spiro atoms. The van der Waals surface area contributed by atoms with Gasteiger partial charge in [0.2, 0.25) is 11.8 Å². The van der Waals surface area contributed by atoms with Gasteiger partial charge in [-0.05, 0) is 43.4 Å². The Balaban J connectivity index is 1.64. The molecule has 1 aliphatic heterocycles. The molecule has 1 aromatic rings. The first kappa shape index (κ1) is 20.6. The van der Waals surface area contributed by atoms with E-state index in [-0.39, 0.29) is 23.5 Å². The normalized spacial score (nSPS) is 22.3. The van der Waals surface area contributed by atoms with Crippen LogP contribution < -0.4 is 15.4 Å². The van der Waals surface area contributed by atoms with Crippen LogP contribution in [0.4, 0.5) is 0 Å². The van der Waals surface area contributed by atoms with Crippen LogP contribution >= 0.6 is 0 Å². The van der Waals surface area contributed by atoms with Gasteiger partial charge in [0.1, 0.15) is 11.8 Å². The monoisotopic (exact) mass is 388 g/mol. The van der Waals surface area contributed by atoms with E-state index >= 15 is 0 Å². The summed E-state index contributed by atoms with van der Waals surface area (Å²) in [6, 6.07) is 7.09. The van der Waals surface area contributed by atoms with E-state index in [0.29, 0.717) is 13.0 Å². The summed E-state index contributed by atoms with van der Waals surface area (Å²) in [6.07, 6.45) is 7.95. The first-order valence-electron chi connectivity index (χ1n) is 10.3. The second-order valence-electron chi connectivity index (χ2n) is 8.10. The van der Waals surface area contributed by atoms with E-state index in [2.05, 4.69) is 10.6 Å². The molecule has 1 aromatic carbocycles. The minimum Gasteiger partial charge on any atom is -0.497 e. The van der Waals surface area contributed by atoms with Crippen LogP contribution in [0.5, 0.6) is 5.75 Å². The summed E-state index contributed by atoms with van der Waals surface area (Å²) in [5.74, 6) is 0.401. The number of rotatable bonds is 6. The molecule has 2 atom stereocenters. The third-order valence-electron chi connectivity index (χ3n) is 5.87. The maximum Gasteiger partial charge on any atom is 0.243 e. The molecule has 154 valence electrons. The predicted molar refractivity (Wildman–Crippen MR) is 107 cm³/mol.